The lowest BCUT2D eigenvalue weighted by atomic mass is 9.54. The molecular formula is C20H38ClN3O3. The van der Waals surface area contributed by atoms with Crippen molar-refractivity contribution < 1.29 is 14.3 Å². The Kier molecular flexibility index (Phi) is 8.57. The summed E-state index contributed by atoms with van der Waals surface area (Å²) in [6.45, 7) is 11.9. The number of halogens is 1. The van der Waals surface area contributed by atoms with Gasteiger partial charge in [0.2, 0.25) is 11.8 Å². The van der Waals surface area contributed by atoms with Crippen LogP contribution in [0.2, 0.25) is 0 Å². The maximum absolute atomic E-state index is 13.2. The number of hydrogen-bond donors (Lipinski definition) is 2. The monoisotopic (exact) mass is 403 g/mol. The van der Waals surface area contributed by atoms with E-state index in [9.17, 15) is 9.59 Å². The SMILES string of the molecule is CCCC(C)NC(=O)C1CCCN(C(=O)C2(N)CC(OCC)C2(C)C)C1.Cl. The van der Waals surface area contributed by atoms with E-state index in [1.807, 2.05) is 32.6 Å². The van der Waals surface area contributed by atoms with Crippen molar-refractivity contribution in [2.24, 2.45) is 17.1 Å². The quantitative estimate of drug-likeness (QED) is 0.683. The average Bonchev–Trinajstić information content (AvgIpc) is 2.61. The molecule has 7 heteroatoms. The van der Waals surface area contributed by atoms with Gasteiger partial charge in [-0.25, -0.2) is 0 Å². The molecule has 158 valence electrons. The molecule has 1 saturated carbocycles. The zero-order valence-electron chi connectivity index (χ0n) is 17.5. The predicted molar refractivity (Wildman–Crippen MR) is 110 cm³/mol. The summed E-state index contributed by atoms with van der Waals surface area (Å²) in [5.74, 6) is -0.103. The molecule has 2 fully saturated rings. The highest BCUT2D eigenvalue weighted by atomic mass is 35.5. The fourth-order valence-corrected chi connectivity index (χ4v) is 4.32. The van der Waals surface area contributed by atoms with Gasteiger partial charge in [-0.2, -0.15) is 0 Å². The van der Waals surface area contributed by atoms with Gasteiger partial charge in [0.15, 0.2) is 0 Å². The number of ether oxygens (including phenoxy) is 1. The van der Waals surface area contributed by atoms with Gasteiger partial charge in [0, 0.05) is 37.6 Å². The number of rotatable bonds is 7. The number of carbonyl (C=O) groups excluding carboxylic acids is 2. The van der Waals surface area contributed by atoms with Crippen molar-refractivity contribution >= 4 is 24.2 Å². The first-order valence-electron chi connectivity index (χ1n) is 10.2. The van der Waals surface area contributed by atoms with Crippen molar-refractivity contribution in [3.63, 3.8) is 0 Å². The van der Waals surface area contributed by atoms with E-state index in [4.69, 9.17) is 10.5 Å². The highest BCUT2D eigenvalue weighted by Crippen LogP contribution is 2.50. The van der Waals surface area contributed by atoms with E-state index < -0.39 is 11.0 Å². The summed E-state index contributed by atoms with van der Waals surface area (Å²) in [5.41, 5.74) is 5.25. The van der Waals surface area contributed by atoms with Gasteiger partial charge in [-0.3, -0.25) is 9.59 Å². The van der Waals surface area contributed by atoms with Crippen LogP contribution >= 0.6 is 12.4 Å². The van der Waals surface area contributed by atoms with Crippen molar-refractivity contribution in [3.8, 4) is 0 Å². The van der Waals surface area contributed by atoms with Crippen molar-refractivity contribution in [1.29, 1.82) is 0 Å². The molecule has 1 heterocycles. The van der Waals surface area contributed by atoms with Crippen LogP contribution in [0.4, 0.5) is 0 Å². The van der Waals surface area contributed by atoms with Gasteiger partial charge in [0.25, 0.3) is 0 Å². The Morgan fingerprint density at radius 2 is 2.00 bits per heavy atom. The zero-order chi connectivity index (χ0) is 19.5. The van der Waals surface area contributed by atoms with Gasteiger partial charge in [0.05, 0.1) is 12.0 Å². The molecule has 2 aliphatic rings. The van der Waals surface area contributed by atoms with E-state index in [0.717, 1.165) is 25.7 Å². The van der Waals surface area contributed by atoms with Crippen molar-refractivity contribution in [2.75, 3.05) is 19.7 Å². The normalized spacial score (nSPS) is 30.7. The molecule has 4 atom stereocenters. The molecule has 0 aromatic rings. The molecular weight excluding hydrogens is 366 g/mol. The lowest BCUT2D eigenvalue weighted by molar-refractivity contribution is -0.180. The molecule has 27 heavy (non-hydrogen) atoms. The summed E-state index contributed by atoms with van der Waals surface area (Å²) in [6, 6.07) is 0.178. The second-order valence-electron chi connectivity index (χ2n) is 8.63. The third-order valence-corrected chi connectivity index (χ3v) is 6.40. The number of piperidine rings is 1. The topological polar surface area (TPSA) is 84.7 Å². The van der Waals surface area contributed by atoms with Crippen LogP contribution < -0.4 is 11.1 Å². The Morgan fingerprint density at radius 3 is 2.56 bits per heavy atom. The number of nitrogens with two attached hydrogens (primary N) is 1. The number of likely N-dealkylation sites (tertiary alicyclic amines) is 1. The van der Waals surface area contributed by atoms with Crippen molar-refractivity contribution in [1.82, 2.24) is 10.2 Å². The number of nitrogens with one attached hydrogen (secondary N) is 1. The fraction of sp³-hybridized carbons (Fsp3) is 0.900. The minimum absolute atomic E-state index is 0. The molecule has 1 saturated heterocycles. The van der Waals surface area contributed by atoms with Gasteiger partial charge in [-0.1, -0.05) is 27.2 Å². The molecule has 0 radical (unpaired) electrons. The summed E-state index contributed by atoms with van der Waals surface area (Å²) in [5, 5.41) is 3.09. The minimum Gasteiger partial charge on any atom is -0.378 e. The standard InChI is InChI=1S/C20H37N3O3.ClH/c1-6-9-14(3)22-17(24)15-10-8-11-23(13-15)18(25)20(21)12-16(26-7-2)19(20,4)5;/h14-16H,6-13,21H2,1-5H3,(H,22,24);1H. The first-order valence-corrected chi connectivity index (χ1v) is 10.2. The summed E-state index contributed by atoms with van der Waals surface area (Å²) in [4.78, 5) is 27.5. The molecule has 0 aromatic carbocycles. The maximum atomic E-state index is 13.2. The molecule has 1 aliphatic carbocycles. The maximum Gasteiger partial charge on any atom is 0.243 e. The van der Waals surface area contributed by atoms with E-state index in [2.05, 4.69) is 12.2 Å². The Morgan fingerprint density at radius 1 is 1.33 bits per heavy atom. The van der Waals surface area contributed by atoms with Crippen LogP contribution in [-0.4, -0.2) is 54.1 Å². The van der Waals surface area contributed by atoms with Gasteiger partial charge in [-0.15, -0.1) is 12.4 Å². The largest absolute Gasteiger partial charge is 0.378 e. The summed E-state index contributed by atoms with van der Waals surface area (Å²) in [6.07, 6.45) is 4.25. The number of hydrogen-bond acceptors (Lipinski definition) is 4. The van der Waals surface area contributed by atoms with E-state index >= 15 is 0 Å². The molecule has 0 aromatic heterocycles. The molecule has 2 amide bonds. The second kappa shape index (κ2) is 9.57. The summed E-state index contributed by atoms with van der Waals surface area (Å²) in [7, 11) is 0. The van der Waals surface area contributed by atoms with E-state index in [1.54, 1.807) is 0 Å². The lowest BCUT2D eigenvalue weighted by Gasteiger charge is -2.59. The zero-order valence-corrected chi connectivity index (χ0v) is 18.4. The van der Waals surface area contributed by atoms with Crippen LogP contribution in [0.1, 0.15) is 66.7 Å². The number of amides is 2. The van der Waals surface area contributed by atoms with Gasteiger partial charge in [0.1, 0.15) is 5.54 Å². The van der Waals surface area contributed by atoms with Crippen LogP contribution in [0.25, 0.3) is 0 Å². The summed E-state index contributed by atoms with van der Waals surface area (Å²) < 4.78 is 5.74. The molecule has 2 rings (SSSR count). The van der Waals surface area contributed by atoms with Crippen LogP contribution in [0.15, 0.2) is 0 Å². The fourth-order valence-electron chi connectivity index (χ4n) is 4.32. The Balaban J connectivity index is 0.00000364. The third kappa shape index (κ3) is 4.77. The van der Waals surface area contributed by atoms with Crippen LogP contribution in [0.3, 0.4) is 0 Å². The number of nitrogens with zero attached hydrogens (tertiary/aromatic N) is 1. The van der Waals surface area contributed by atoms with Crippen LogP contribution in [0.5, 0.6) is 0 Å². The summed E-state index contributed by atoms with van der Waals surface area (Å²) >= 11 is 0. The molecule has 0 spiro atoms. The highest BCUT2D eigenvalue weighted by molar-refractivity contribution is 5.90. The highest BCUT2D eigenvalue weighted by Gasteiger charge is 2.63. The molecule has 0 bridgehead atoms. The minimum atomic E-state index is -0.902. The Bertz CT molecular complexity index is 529. The van der Waals surface area contributed by atoms with E-state index in [0.29, 0.717) is 26.1 Å². The second-order valence-corrected chi connectivity index (χ2v) is 8.63. The molecule has 1 aliphatic heterocycles. The van der Waals surface area contributed by atoms with E-state index in [1.165, 1.54) is 0 Å². The smallest absolute Gasteiger partial charge is 0.243 e. The lowest BCUT2D eigenvalue weighted by Crippen LogP contribution is -2.76. The molecule has 4 unspecified atom stereocenters. The Labute approximate surface area is 170 Å². The molecule has 6 nitrogen and oxygen atoms in total. The van der Waals surface area contributed by atoms with Crippen LogP contribution in [0, 0.1) is 11.3 Å². The van der Waals surface area contributed by atoms with E-state index in [-0.39, 0.29) is 42.3 Å². The predicted octanol–water partition coefficient (Wildman–Crippen LogP) is 2.48. The van der Waals surface area contributed by atoms with Crippen LogP contribution in [-0.2, 0) is 14.3 Å². The van der Waals surface area contributed by atoms with Gasteiger partial charge >= 0.3 is 0 Å². The van der Waals surface area contributed by atoms with Crippen molar-refractivity contribution in [3.05, 3.63) is 0 Å². The molecule has 3 N–H and O–H groups in total. The average molecular weight is 404 g/mol. The van der Waals surface area contributed by atoms with Crippen molar-refractivity contribution in [2.45, 2.75) is 84.4 Å². The first-order chi connectivity index (χ1) is 12.2. The first kappa shape index (κ1) is 24.2. The number of carbonyl (C=O) groups is 2. The van der Waals surface area contributed by atoms with Gasteiger partial charge in [-0.05, 0) is 33.1 Å². The third-order valence-electron chi connectivity index (χ3n) is 6.40. The van der Waals surface area contributed by atoms with Gasteiger partial charge < -0.3 is 20.7 Å². The Hall–Kier alpha value is -0.850.